The third-order valence-electron chi connectivity index (χ3n) is 3.92. The molecular formula is C13H22N4S. The van der Waals surface area contributed by atoms with Gasteiger partial charge in [0.15, 0.2) is 0 Å². The van der Waals surface area contributed by atoms with Gasteiger partial charge in [-0.05, 0) is 26.4 Å². The molecule has 4 nitrogen and oxygen atoms in total. The number of piperidine rings is 1. The molecule has 5 heteroatoms. The number of aromatic nitrogens is 1. The molecule has 0 radical (unpaired) electrons. The van der Waals surface area contributed by atoms with E-state index in [0.717, 1.165) is 26.2 Å². The van der Waals surface area contributed by atoms with E-state index in [1.54, 1.807) is 0 Å². The molecule has 0 aromatic carbocycles. The molecule has 100 valence electrons. The lowest BCUT2D eigenvalue weighted by Crippen LogP contribution is -2.43. The third kappa shape index (κ3) is 2.68. The molecule has 3 heterocycles. The molecule has 0 spiro atoms. The van der Waals surface area contributed by atoms with Gasteiger partial charge in [0.05, 0.1) is 5.01 Å². The summed E-state index contributed by atoms with van der Waals surface area (Å²) in [5.41, 5.74) is 0. The van der Waals surface area contributed by atoms with Gasteiger partial charge in [0, 0.05) is 44.0 Å². The summed E-state index contributed by atoms with van der Waals surface area (Å²) in [7, 11) is 2.22. The number of anilines is 1. The van der Waals surface area contributed by atoms with Crippen LogP contribution in [0.3, 0.4) is 0 Å². The number of rotatable bonds is 2. The second kappa shape index (κ2) is 5.55. The number of nitrogens with one attached hydrogen (secondary N) is 1. The van der Waals surface area contributed by atoms with Gasteiger partial charge in [0.2, 0.25) is 0 Å². The first-order valence-corrected chi connectivity index (χ1v) is 7.80. The molecule has 0 aliphatic carbocycles. The summed E-state index contributed by atoms with van der Waals surface area (Å²) in [4.78, 5) is 9.72. The van der Waals surface area contributed by atoms with Crippen molar-refractivity contribution in [2.24, 2.45) is 0 Å². The summed E-state index contributed by atoms with van der Waals surface area (Å²) >= 11 is 1.85. The van der Waals surface area contributed by atoms with Crippen molar-refractivity contribution >= 4 is 17.2 Å². The van der Waals surface area contributed by atoms with Gasteiger partial charge in [0.25, 0.3) is 0 Å². The Morgan fingerprint density at radius 1 is 1.33 bits per heavy atom. The monoisotopic (exact) mass is 266 g/mol. The molecule has 0 bridgehead atoms. The zero-order valence-electron chi connectivity index (χ0n) is 11.1. The lowest BCUT2D eigenvalue weighted by atomic mass is 9.99. The number of hydrogen-bond acceptors (Lipinski definition) is 5. The van der Waals surface area contributed by atoms with Crippen LogP contribution in [0.1, 0.15) is 23.8 Å². The average molecular weight is 266 g/mol. The van der Waals surface area contributed by atoms with Crippen LogP contribution >= 0.6 is 11.3 Å². The van der Waals surface area contributed by atoms with E-state index < -0.39 is 0 Å². The SMILES string of the molecule is CN1CCCC(c2nc(N3CCNCC3)cs2)C1. The highest BCUT2D eigenvalue weighted by atomic mass is 32.1. The van der Waals surface area contributed by atoms with E-state index in [0.29, 0.717) is 5.92 Å². The number of likely N-dealkylation sites (tertiary alicyclic amines) is 1. The molecule has 1 N–H and O–H groups in total. The molecule has 2 fully saturated rings. The normalized spacial score (nSPS) is 26.5. The van der Waals surface area contributed by atoms with E-state index in [2.05, 4.69) is 27.5 Å². The molecule has 1 unspecified atom stereocenters. The van der Waals surface area contributed by atoms with Crippen LogP contribution in [-0.2, 0) is 0 Å². The van der Waals surface area contributed by atoms with Gasteiger partial charge in [-0.15, -0.1) is 11.3 Å². The summed E-state index contributed by atoms with van der Waals surface area (Å²) in [5.74, 6) is 1.86. The average Bonchev–Trinajstić information content (AvgIpc) is 2.89. The van der Waals surface area contributed by atoms with E-state index in [-0.39, 0.29) is 0 Å². The first kappa shape index (κ1) is 12.4. The maximum atomic E-state index is 4.88. The minimum atomic E-state index is 0.658. The van der Waals surface area contributed by atoms with Crippen LogP contribution < -0.4 is 10.2 Å². The molecule has 2 aliphatic heterocycles. The highest BCUT2D eigenvalue weighted by molar-refractivity contribution is 7.10. The number of piperazine rings is 1. The van der Waals surface area contributed by atoms with Crippen molar-refractivity contribution < 1.29 is 0 Å². The molecule has 3 rings (SSSR count). The van der Waals surface area contributed by atoms with Crippen LogP contribution in [0.5, 0.6) is 0 Å². The first-order valence-electron chi connectivity index (χ1n) is 6.92. The Balaban J connectivity index is 1.68. The Bertz CT molecular complexity index is 386. The zero-order valence-corrected chi connectivity index (χ0v) is 11.9. The van der Waals surface area contributed by atoms with Crippen molar-refractivity contribution in [2.45, 2.75) is 18.8 Å². The van der Waals surface area contributed by atoms with Crippen molar-refractivity contribution in [1.29, 1.82) is 0 Å². The van der Waals surface area contributed by atoms with Crippen LogP contribution in [0.25, 0.3) is 0 Å². The van der Waals surface area contributed by atoms with Crippen molar-refractivity contribution in [1.82, 2.24) is 15.2 Å². The van der Waals surface area contributed by atoms with Crippen LogP contribution in [0.15, 0.2) is 5.38 Å². The number of hydrogen-bond donors (Lipinski definition) is 1. The highest BCUT2D eigenvalue weighted by Gasteiger charge is 2.23. The second-order valence-corrected chi connectivity index (χ2v) is 6.27. The maximum Gasteiger partial charge on any atom is 0.139 e. The van der Waals surface area contributed by atoms with Crippen LogP contribution in [0.4, 0.5) is 5.82 Å². The van der Waals surface area contributed by atoms with Crippen molar-refractivity contribution in [3.05, 3.63) is 10.4 Å². The van der Waals surface area contributed by atoms with Crippen LogP contribution in [-0.4, -0.2) is 56.2 Å². The molecule has 0 amide bonds. The van der Waals surface area contributed by atoms with Crippen molar-refractivity contribution in [3.63, 3.8) is 0 Å². The minimum Gasteiger partial charge on any atom is -0.353 e. The molecule has 18 heavy (non-hydrogen) atoms. The fourth-order valence-electron chi connectivity index (χ4n) is 2.87. The van der Waals surface area contributed by atoms with Gasteiger partial charge >= 0.3 is 0 Å². The van der Waals surface area contributed by atoms with Gasteiger partial charge < -0.3 is 15.1 Å². The number of likely N-dealkylation sites (N-methyl/N-ethyl adjacent to an activating group) is 1. The Hall–Kier alpha value is -0.650. The maximum absolute atomic E-state index is 4.88. The molecule has 2 aliphatic rings. The zero-order chi connectivity index (χ0) is 12.4. The minimum absolute atomic E-state index is 0.658. The Morgan fingerprint density at radius 2 is 2.17 bits per heavy atom. The Morgan fingerprint density at radius 3 is 2.94 bits per heavy atom. The fourth-order valence-corrected chi connectivity index (χ4v) is 3.83. The molecule has 2 saturated heterocycles. The predicted octanol–water partition coefficient (Wildman–Crippen LogP) is 1.36. The van der Waals surface area contributed by atoms with E-state index in [1.165, 1.54) is 36.8 Å². The smallest absolute Gasteiger partial charge is 0.139 e. The Kier molecular flexibility index (Phi) is 3.82. The predicted molar refractivity (Wildman–Crippen MR) is 76.7 cm³/mol. The van der Waals surface area contributed by atoms with Gasteiger partial charge in [-0.25, -0.2) is 4.98 Å². The lowest BCUT2D eigenvalue weighted by molar-refractivity contribution is 0.250. The van der Waals surface area contributed by atoms with Gasteiger partial charge in [0.1, 0.15) is 5.82 Å². The first-order chi connectivity index (χ1) is 8.83. The summed E-state index contributed by atoms with van der Waals surface area (Å²) < 4.78 is 0. The van der Waals surface area contributed by atoms with Gasteiger partial charge in [-0.1, -0.05) is 0 Å². The van der Waals surface area contributed by atoms with Crippen molar-refractivity contribution in [2.75, 3.05) is 51.2 Å². The van der Waals surface area contributed by atoms with Crippen LogP contribution in [0.2, 0.25) is 0 Å². The number of thiazole rings is 1. The molecule has 1 aromatic heterocycles. The largest absolute Gasteiger partial charge is 0.353 e. The summed E-state index contributed by atoms with van der Waals surface area (Å²) in [5, 5.41) is 6.98. The van der Waals surface area contributed by atoms with E-state index in [4.69, 9.17) is 4.98 Å². The van der Waals surface area contributed by atoms with Gasteiger partial charge in [-0.3, -0.25) is 0 Å². The highest BCUT2D eigenvalue weighted by Crippen LogP contribution is 2.31. The molecule has 1 aromatic rings. The van der Waals surface area contributed by atoms with E-state index >= 15 is 0 Å². The lowest BCUT2D eigenvalue weighted by Gasteiger charge is -2.29. The fraction of sp³-hybridized carbons (Fsp3) is 0.769. The summed E-state index contributed by atoms with van der Waals surface area (Å²) in [6.45, 7) is 6.76. The van der Waals surface area contributed by atoms with Crippen molar-refractivity contribution in [3.8, 4) is 0 Å². The second-order valence-electron chi connectivity index (χ2n) is 5.38. The standard InChI is InChI=1S/C13H22N4S/c1-16-6-2-3-11(9-16)13-15-12(10-18-13)17-7-4-14-5-8-17/h10-11,14H,2-9H2,1H3. The summed E-state index contributed by atoms with van der Waals surface area (Å²) in [6, 6.07) is 0. The molecule has 1 atom stereocenters. The number of nitrogens with zero attached hydrogens (tertiary/aromatic N) is 3. The van der Waals surface area contributed by atoms with Gasteiger partial charge in [-0.2, -0.15) is 0 Å². The Labute approximate surface area is 113 Å². The third-order valence-corrected chi connectivity index (χ3v) is 4.92. The van der Waals surface area contributed by atoms with E-state index in [1.807, 2.05) is 11.3 Å². The quantitative estimate of drug-likeness (QED) is 0.876. The van der Waals surface area contributed by atoms with E-state index in [9.17, 15) is 0 Å². The summed E-state index contributed by atoms with van der Waals surface area (Å²) in [6.07, 6.45) is 2.61. The van der Waals surface area contributed by atoms with Crippen LogP contribution in [0, 0.1) is 0 Å². The topological polar surface area (TPSA) is 31.4 Å². The molecule has 0 saturated carbocycles. The molecular weight excluding hydrogens is 244 g/mol.